The van der Waals surface area contributed by atoms with Crippen LogP contribution in [0.25, 0.3) is 0 Å². The first-order valence-corrected chi connectivity index (χ1v) is 8.61. The Morgan fingerprint density at radius 2 is 1.81 bits per heavy atom. The number of benzene rings is 1. The van der Waals surface area contributed by atoms with Crippen LogP contribution in [0.2, 0.25) is 0 Å². The maximum Gasteiger partial charge on any atom is 0.254 e. The van der Waals surface area contributed by atoms with E-state index in [2.05, 4.69) is 0 Å². The highest BCUT2D eigenvalue weighted by Crippen LogP contribution is 2.20. The molecule has 1 aromatic rings. The second-order valence-corrected chi connectivity index (χ2v) is 7.55. The molecule has 1 aromatic carbocycles. The van der Waals surface area contributed by atoms with Gasteiger partial charge in [0.2, 0.25) is 0 Å². The van der Waals surface area contributed by atoms with Gasteiger partial charge in [-0.25, -0.2) is 8.42 Å². The van der Waals surface area contributed by atoms with Crippen LogP contribution in [0.4, 0.5) is 5.69 Å². The number of morpholine rings is 1. The molecule has 7 heteroatoms. The molecule has 2 rings (SSSR count). The van der Waals surface area contributed by atoms with Gasteiger partial charge in [0.25, 0.3) is 5.91 Å². The first-order chi connectivity index (χ1) is 9.66. The van der Waals surface area contributed by atoms with Gasteiger partial charge in [0.05, 0.1) is 17.1 Å². The van der Waals surface area contributed by atoms with E-state index in [0.717, 1.165) is 6.26 Å². The number of ether oxygens (including phenoxy) is 1. The quantitative estimate of drug-likeness (QED) is 0.820. The second kappa shape index (κ2) is 5.65. The first kappa shape index (κ1) is 15.8. The summed E-state index contributed by atoms with van der Waals surface area (Å²) in [6, 6.07) is 4.23. The fourth-order valence-corrected chi connectivity index (χ4v) is 3.18. The number of hydrogen-bond donors (Lipinski definition) is 1. The third kappa shape index (κ3) is 3.74. The van der Waals surface area contributed by atoms with E-state index in [1.54, 1.807) is 4.90 Å². The predicted molar refractivity (Wildman–Crippen MR) is 79.9 cm³/mol. The number of nitrogens with two attached hydrogens (primary N) is 1. The summed E-state index contributed by atoms with van der Waals surface area (Å²) >= 11 is 0. The summed E-state index contributed by atoms with van der Waals surface area (Å²) in [7, 11) is -3.41. The van der Waals surface area contributed by atoms with Crippen LogP contribution < -0.4 is 5.73 Å². The predicted octanol–water partition coefficient (Wildman–Crippen LogP) is 0.922. The Labute approximate surface area is 124 Å². The van der Waals surface area contributed by atoms with Gasteiger partial charge in [0.15, 0.2) is 9.84 Å². The second-order valence-electron chi connectivity index (χ2n) is 5.53. The molecule has 1 aliphatic rings. The molecule has 2 N–H and O–H groups in total. The first-order valence-electron chi connectivity index (χ1n) is 6.72. The molecule has 0 radical (unpaired) electrons. The van der Waals surface area contributed by atoms with Crippen molar-refractivity contribution < 1.29 is 17.9 Å². The number of amides is 1. The normalized spacial score (nSPS) is 23.1. The van der Waals surface area contributed by atoms with Crippen molar-refractivity contribution in [3.8, 4) is 0 Å². The summed E-state index contributed by atoms with van der Waals surface area (Å²) < 4.78 is 28.9. The fraction of sp³-hybridized carbons (Fsp3) is 0.500. The van der Waals surface area contributed by atoms with Gasteiger partial charge in [-0.05, 0) is 32.0 Å². The van der Waals surface area contributed by atoms with Crippen LogP contribution in [0.15, 0.2) is 23.1 Å². The van der Waals surface area contributed by atoms with Crippen molar-refractivity contribution in [2.24, 2.45) is 0 Å². The van der Waals surface area contributed by atoms with Crippen LogP contribution in [0.5, 0.6) is 0 Å². The van der Waals surface area contributed by atoms with Crippen molar-refractivity contribution in [3.63, 3.8) is 0 Å². The Morgan fingerprint density at radius 1 is 1.24 bits per heavy atom. The maximum absolute atomic E-state index is 12.5. The summed E-state index contributed by atoms with van der Waals surface area (Å²) in [6.45, 7) is 4.76. The van der Waals surface area contributed by atoms with E-state index in [1.165, 1.54) is 18.2 Å². The Morgan fingerprint density at radius 3 is 2.33 bits per heavy atom. The van der Waals surface area contributed by atoms with Crippen LogP contribution in [-0.2, 0) is 14.6 Å². The molecule has 1 saturated heterocycles. The zero-order chi connectivity index (χ0) is 15.8. The van der Waals surface area contributed by atoms with E-state index in [4.69, 9.17) is 10.5 Å². The average molecular weight is 312 g/mol. The zero-order valence-corrected chi connectivity index (χ0v) is 13.2. The van der Waals surface area contributed by atoms with E-state index in [0.29, 0.717) is 13.1 Å². The largest absolute Gasteiger partial charge is 0.399 e. The number of sulfone groups is 1. The van der Waals surface area contributed by atoms with E-state index in [9.17, 15) is 13.2 Å². The summed E-state index contributed by atoms with van der Waals surface area (Å²) in [5.74, 6) is -0.228. The highest BCUT2D eigenvalue weighted by atomic mass is 32.2. The molecule has 6 nitrogen and oxygen atoms in total. The minimum Gasteiger partial charge on any atom is -0.399 e. The zero-order valence-electron chi connectivity index (χ0n) is 12.4. The molecule has 2 unspecified atom stereocenters. The molecule has 21 heavy (non-hydrogen) atoms. The molecular weight excluding hydrogens is 292 g/mol. The SMILES string of the molecule is CC1CN(C(=O)c2cc(N)cc(S(C)(=O)=O)c2)CC(C)O1. The number of carbonyl (C=O) groups is 1. The Kier molecular flexibility index (Phi) is 4.25. The Balaban J connectivity index is 2.33. The van der Waals surface area contributed by atoms with Crippen LogP contribution in [0, 0.1) is 0 Å². The molecule has 0 saturated carbocycles. The van der Waals surface area contributed by atoms with E-state index < -0.39 is 9.84 Å². The van der Waals surface area contributed by atoms with Crippen molar-refractivity contribution in [3.05, 3.63) is 23.8 Å². The number of hydrogen-bond acceptors (Lipinski definition) is 5. The highest BCUT2D eigenvalue weighted by molar-refractivity contribution is 7.90. The molecule has 0 bridgehead atoms. The standard InChI is InChI=1S/C14H20N2O4S/c1-9-7-16(8-10(2)20-9)14(17)11-4-12(15)6-13(5-11)21(3,18)19/h4-6,9-10H,7-8,15H2,1-3H3. The lowest BCUT2D eigenvalue weighted by atomic mass is 10.1. The molecule has 0 aliphatic carbocycles. The van der Waals surface area contributed by atoms with Crippen molar-refractivity contribution in [2.75, 3.05) is 25.1 Å². The Hall–Kier alpha value is -1.60. The Bertz CT molecular complexity index is 647. The third-order valence-corrected chi connectivity index (χ3v) is 4.40. The van der Waals surface area contributed by atoms with Gasteiger partial charge in [0, 0.05) is 30.6 Å². The third-order valence-electron chi connectivity index (χ3n) is 3.31. The minimum atomic E-state index is -3.41. The molecule has 0 aromatic heterocycles. The number of anilines is 1. The van der Waals surface area contributed by atoms with Crippen LogP contribution in [-0.4, -0.2) is 50.8 Å². The average Bonchev–Trinajstić information content (AvgIpc) is 2.35. The topological polar surface area (TPSA) is 89.7 Å². The molecule has 1 aliphatic heterocycles. The van der Waals surface area contributed by atoms with E-state index in [-0.39, 0.29) is 34.3 Å². The fourth-order valence-electron chi connectivity index (χ4n) is 2.49. The van der Waals surface area contributed by atoms with Gasteiger partial charge in [-0.1, -0.05) is 0 Å². The minimum absolute atomic E-state index is 0.0480. The monoisotopic (exact) mass is 312 g/mol. The lowest BCUT2D eigenvalue weighted by molar-refractivity contribution is -0.0586. The smallest absolute Gasteiger partial charge is 0.254 e. The molecule has 0 spiro atoms. The summed E-state index contributed by atoms with van der Waals surface area (Å²) in [4.78, 5) is 14.3. The van der Waals surface area contributed by atoms with Crippen molar-refractivity contribution in [1.29, 1.82) is 0 Å². The molecule has 116 valence electrons. The molecule has 1 amide bonds. The van der Waals surface area contributed by atoms with Gasteiger partial charge in [-0.15, -0.1) is 0 Å². The van der Waals surface area contributed by atoms with Crippen LogP contribution >= 0.6 is 0 Å². The summed E-state index contributed by atoms with van der Waals surface area (Å²) in [5.41, 5.74) is 6.27. The van der Waals surface area contributed by atoms with Gasteiger partial charge >= 0.3 is 0 Å². The van der Waals surface area contributed by atoms with Gasteiger partial charge in [-0.2, -0.15) is 0 Å². The molecule has 1 heterocycles. The maximum atomic E-state index is 12.5. The number of carbonyl (C=O) groups excluding carboxylic acids is 1. The van der Waals surface area contributed by atoms with E-state index in [1.807, 2.05) is 13.8 Å². The van der Waals surface area contributed by atoms with Crippen molar-refractivity contribution >= 4 is 21.4 Å². The molecular formula is C14H20N2O4S. The number of rotatable bonds is 2. The molecule has 2 atom stereocenters. The summed E-state index contributed by atoms with van der Waals surface area (Å²) in [5, 5.41) is 0. The van der Waals surface area contributed by atoms with Crippen molar-refractivity contribution in [1.82, 2.24) is 4.90 Å². The lowest BCUT2D eigenvalue weighted by Crippen LogP contribution is -2.48. The van der Waals surface area contributed by atoms with Crippen molar-refractivity contribution in [2.45, 2.75) is 31.0 Å². The lowest BCUT2D eigenvalue weighted by Gasteiger charge is -2.35. The van der Waals surface area contributed by atoms with Gasteiger partial charge < -0.3 is 15.4 Å². The summed E-state index contributed by atoms with van der Waals surface area (Å²) in [6.07, 6.45) is 0.996. The van der Waals surface area contributed by atoms with Gasteiger partial charge in [0.1, 0.15) is 0 Å². The van der Waals surface area contributed by atoms with Gasteiger partial charge in [-0.3, -0.25) is 4.79 Å². The van der Waals surface area contributed by atoms with Crippen LogP contribution in [0.3, 0.4) is 0 Å². The highest BCUT2D eigenvalue weighted by Gasteiger charge is 2.27. The van der Waals surface area contributed by atoms with Crippen LogP contribution in [0.1, 0.15) is 24.2 Å². The van der Waals surface area contributed by atoms with E-state index >= 15 is 0 Å². The molecule has 1 fully saturated rings. The number of nitrogen functional groups attached to an aromatic ring is 1. The number of nitrogens with zero attached hydrogens (tertiary/aromatic N) is 1.